The number of carbonyl (C=O) groups excluding carboxylic acids is 1. The molecule has 15 heavy (non-hydrogen) atoms. The molecule has 0 amide bonds. The summed E-state index contributed by atoms with van der Waals surface area (Å²) in [7, 11) is 0. The van der Waals surface area contributed by atoms with Crippen molar-refractivity contribution >= 4 is 12.1 Å². The van der Waals surface area contributed by atoms with Crippen LogP contribution in [0.4, 0.5) is 0 Å². The molecule has 1 aliphatic rings. The van der Waals surface area contributed by atoms with Crippen LogP contribution in [0.15, 0.2) is 4.99 Å². The Hall–Kier alpha value is -1.14. The Morgan fingerprint density at radius 1 is 1.60 bits per heavy atom. The standard InChI is InChI=1S/C9H17N3O3/c10-4-2-1-3-7(11)8(13)15-9-12-5-6-14-9/h7H,1-6,10-11H2/t7-/m0/s1. The molecule has 0 fully saturated rings. The number of rotatable bonds is 5. The minimum absolute atomic E-state index is 0.0364. The van der Waals surface area contributed by atoms with E-state index in [1.807, 2.05) is 0 Å². The lowest BCUT2D eigenvalue weighted by Crippen LogP contribution is -2.33. The van der Waals surface area contributed by atoms with E-state index in [1.54, 1.807) is 0 Å². The number of aliphatic imine (C=N–C) groups is 1. The van der Waals surface area contributed by atoms with Gasteiger partial charge in [-0.3, -0.25) is 0 Å². The van der Waals surface area contributed by atoms with E-state index in [2.05, 4.69) is 4.99 Å². The largest absolute Gasteiger partial charge is 0.448 e. The van der Waals surface area contributed by atoms with Crippen molar-refractivity contribution < 1.29 is 14.3 Å². The normalized spacial score (nSPS) is 16.8. The molecule has 0 aromatic heterocycles. The summed E-state index contributed by atoms with van der Waals surface area (Å²) in [6.07, 6.45) is 2.29. The molecule has 6 heteroatoms. The van der Waals surface area contributed by atoms with E-state index in [0.717, 1.165) is 12.8 Å². The van der Waals surface area contributed by atoms with Gasteiger partial charge in [-0.25, -0.2) is 9.79 Å². The molecular formula is C9H17N3O3. The van der Waals surface area contributed by atoms with Crippen molar-refractivity contribution in [3.05, 3.63) is 0 Å². The summed E-state index contributed by atoms with van der Waals surface area (Å²) in [4.78, 5) is 15.2. The molecule has 1 aliphatic heterocycles. The molecule has 0 aromatic rings. The first kappa shape index (κ1) is 11.9. The molecule has 1 atom stereocenters. The van der Waals surface area contributed by atoms with Crippen molar-refractivity contribution in [2.24, 2.45) is 16.5 Å². The highest BCUT2D eigenvalue weighted by Gasteiger charge is 2.19. The van der Waals surface area contributed by atoms with Crippen LogP contribution in [-0.4, -0.2) is 37.8 Å². The minimum atomic E-state index is -0.622. The second-order valence-corrected chi connectivity index (χ2v) is 3.31. The van der Waals surface area contributed by atoms with Crippen LogP contribution < -0.4 is 11.5 Å². The zero-order chi connectivity index (χ0) is 11.1. The highest BCUT2D eigenvalue weighted by atomic mass is 16.7. The molecule has 4 N–H and O–H groups in total. The van der Waals surface area contributed by atoms with E-state index in [1.165, 1.54) is 0 Å². The number of esters is 1. The monoisotopic (exact) mass is 215 g/mol. The summed E-state index contributed by atoms with van der Waals surface area (Å²) in [5.74, 6) is -0.493. The third-order valence-electron chi connectivity index (χ3n) is 2.02. The van der Waals surface area contributed by atoms with Crippen molar-refractivity contribution in [1.82, 2.24) is 0 Å². The predicted octanol–water partition coefficient (Wildman–Crippen LogP) is -0.628. The van der Waals surface area contributed by atoms with E-state index >= 15 is 0 Å². The summed E-state index contributed by atoms with van der Waals surface area (Å²) in [6, 6.07) is -0.622. The Balaban J connectivity index is 2.20. The van der Waals surface area contributed by atoms with Crippen molar-refractivity contribution in [3.63, 3.8) is 0 Å². The Morgan fingerprint density at radius 3 is 3.00 bits per heavy atom. The smallest absolute Gasteiger partial charge is 0.391 e. The molecule has 0 bridgehead atoms. The molecule has 1 rings (SSSR count). The molecule has 6 nitrogen and oxygen atoms in total. The summed E-state index contributed by atoms with van der Waals surface area (Å²) in [5, 5.41) is 0. The lowest BCUT2D eigenvalue weighted by Gasteiger charge is -2.09. The van der Waals surface area contributed by atoms with Gasteiger partial charge in [0.05, 0.1) is 6.54 Å². The van der Waals surface area contributed by atoms with Gasteiger partial charge in [-0.1, -0.05) is 6.42 Å². The molecule has 0 radical (unpaired) electrons. The second-order valence-electron chi connectivity index (χ2n) is 3.31. The van der Waals surface area contributed by atoms with Crippen LogP contribution in [0.3, 0.4) is 0 Å². The summed E-state index contributed by atoms with van der Waals surface area (Å²) < 4.78 is 9.77. The van der Waals surface area contributed by atoms with Crippen molar-refractivity contribution in [3.8, 4) is 0 Å². The van der Waals surface area contributed by atoms with Crippen molar-refractivity contribution in [2.45, 2.75) is 25.3 Å². The van der Waals surface area contributed by atoms with Gasteiger partial charge in [-0.2, -0.15) is 0 Å². The maximum Gasteiger partial charge on any atom is 0.391 e. The zero-order valence-corrected chi connectivity index (χ0v) is 8.65. The Morgan fingerprint density at radius 2 is 2.40 bits per heavy atom. The number of hydrogen-bond acceptors (Lipinski definition) is 6. The maximum absolute atomic E-state index is 11.4. The van der Waals surface area contributed by atoms with Gasteiger partial charge in [0, 0.05) is 0 Å². The molecule has 0 aliphatic carbocycles. The number of hydrogen-bond donors (Lipinski definition) is 2. The number of nitrogens with zero attached hydrogens (tertiary/aromatic N) is 1. The molecule has 0 aromatic carbocycles. The van der Waals surface area contributed by atoms with Gasteiger partial charge in [0.1, 0.15) is 12.6 Å². The average molecular weight is 215 g/mol. The van der Waals surface area contributed by atoms with Crippen LogP contribution in [0, 0.1) is 0 Å². The van der Waals surface area contributed by atoms with Gasteiger partial charge in [-0.05, 0) is 19.4 Å². The van der Waals surface area contributed by atoms with Gasteiger partial charge in [-0.15, -0.1) is 0 Å². The Kier molecular flexibility index (Phi) is 5.06. The second kappa shape index (κ2) is 6.36. The summed E-state index contributed by atoms with van der Waals surface area (Å²) in [6.45, 7) is 1.60. The van der Waals surface area contributed by atoms with Gasteiger partial charge in [0.15, 0.2) is 0 Å². The maximum atomic E-state index is 11.4. The third-order valence-corrected chi connectivity index (χ3v) is 2.02. The Labute approximate surface area is 88.6 Å². The number of nitrogens with two attached hydrogens (primary N) is 2. The van der Waals surface area contributed by atoms with Crippen LogP contribution in [0.5, 0.6) is 0 Å². The topological polar surface area (TPSA) is 99.9 Å². The molecule has 0 spiro atoms. The fourth-order valence-corrected chi connectivity index (χ4v) is 1.17. The molecule has 0 saturated heterocycles. The Bertz CT molecular complexity index is 243. The number of carbonyl (C=O) groups is 1. The SMILES string of the molecule is NCCCC[C@H](N)C(=O)OC1=NCCO1. The predicted molar refractivity (Wildman–Crippen MR) is 55.2 cm³/mol. The lowest BCUT2D eigenvalue weighted by atomic mass is 10.1. The summed E-state index contributed by atoms with van der Waals surface area (Å²) >= 11 is 0. The van der Waals surface area contributed by atoms with Gasteiger partial charge in [0.2, 0.25) is 0 Å². The van der Waals surface area contributed by atoms with E-state index in [0.29, 0.717) is 26.1 Å². The van der Waals surface area contributed by atoms with Crippen LogP contribution in [-0.2, 0) is 14.3 Å². The molecule has 86 valence electrons. The van der Waals surface area contributed by atoms with Crippen molar-refractivity contribution in [1.29, 1.82) is 0 Å². The first-order valence-electron chi connectivity index (χ1n) is 5.08. The van der Waals surface area contributed by atoms with Crippen LogP contribution in [0.2, 0.25) is 0 Å². The first-order valence-corrected chi connectivity index (χ1v) is 5.08. The van der Waals surface area contributed by atoms with E-state index in [-0.39, 0.29) is 6.08 Å². The van der Waals surface area contributed by atoms with Gasteiger partial charge in [0.25, 0.3) is 0 Å². The number of unbranched alkanes of at least 4 members (excludes halogenated alkanes) is 1. The fraction of sp³-hybridized carbons (Fsp3) is 0.778. The average Bonchev–Trinajstić information content (AvgIpc) is 2.70. The first-order chi connectivity index (χ1) is 7.24. The molecule has 0 unspecified atom stereocenters. The molecular weight excluding hydrogens is 198 g/mol. The lowest BCUT2D eigenvalue weighted by molar-refractivity contribution is -0.138. The van der Waals surface area contributed by atoms with Crippen LogP contribution >= 0.6 is 0 Å². The quantitative estimate of drug-likeness (QED) is 0.470. The van der Waals surface area contributed by atoms with Crippen LogP contribution in [0.1, 0.15) is 19.3 Å². The van der Waals surface area contributed by atoms with Gasteiger partial charge >= 0.3 is 12.1 Å². The van der Waals surface area contributed by atoms with E-state index in [9.17, 15) is 4.79 Å². The van der Waals surface area contributed by atoms with E-state index < -0.39 is 12.0 Å². The van der Waals surface area contributed by atoms with Crippen LogP contribution in [0.25, 0.3) is 0 Å². The van der Waals surface area contributed by atoms with Crippen molar-refractivity contribution in [2.75, 3.05) is 19.7 Å². The fourth-order valence-electron chi connectivity index (χ4n) is 1.17. The highest BCUT2D eigenvalue weighted by Crippen LogP contribution is 2.02. The summed E-state index contributed by atoms with van der Waals surface area (Å²) in [5.41, 5.74) is 10.9. The molecule has 1 heterocycles. The number of ether oxygens (including phenoxy) is 2. The van der Waals surface area contributed by atoms with E-state index in [4.69, 9.17) is 20.9 Å². The van der Waals surface area contributed by atoms with Gasteiger partial charge < -0.3 is 20.9 Å². The molecule has 0 saturated carbocycles. The minimum Gasteiger partial charge on any atom is -0.448 e. The zero-order valence-electron chi connectivity index (χ0n) is 8.65. The highest BCUT2D eigenvalue weighted by molar-refractivity contribution is 5.87. The third kappa shape index (κ3) is 4.26.